The summed E-state index contributed by atoms with van der Waals surface area (Å²) in [6.45, 7) is 5.50. The molecule has 1 saturated heterocycles. The van der Waals surface area contributed by atoms with Crippen LogP contribution in [0.5, 0.6) is 0 Å². The van der Waals surface area contributed by atoms with Gasteiger partial charge in [0.25, 0.3) is 0 Å². The van der Waals surface area contributed by atoms with Crippen molar-refractivity contribution in [3.63, 3.8) is 0 Å². The maximum absolute atomic E-state index is 13.4. The van der Waals surface area contributed by atoms with Crippen LogP contribution in [0.3, 0.4) is 0 Å². The minimum absolute atomic E-state index is 0.0405. The normalized spacial score (nSPS) is 17.4. The number of rotatable bonds is 5. The highest BCUT2D eigenvalue weighted by Gasteiger charge is 2.35. The van der Waals surface area contributed by atoms with Crippen LogP contribution in [0.4, 0.5) is 14.9 Å². The molecule has 1 unspecified atom stereocenters. The van der Waals surface area contributed by atoms with E-state index in [9.17, 15) is 18.2 Å². The summed E-state index contributed by atoms with van der Waals surface area (Å²) in [4.78, 5) is 32.9. The van der Waals surface area contributed by atoms with Crippen molar-refractivity contribution in [3.8, 4) is 0 Å². The van der Waals surface area contributed by atoms with Crippen molar-refractivity contribution >= 4 is 28.6 Å². The number of urea groups is 1. The van der Waals surface area contributed by atoms with Gasteiger partial charge in [-0.1, -0.05) is 12.1 Å². The molecule has 3 amide bonds. The second-order valence-electron chi connectivity index (χ2n) is 9.42. The molecule has 2 N–H and O–H groups in total. The Kier molecular flexibility index (Phi) is 6.99. The van der Waals surface area contributed by atoms with Crippen molar-refractivity contribution in [2.45, 2.75) is 51.2 Å². The van der Waals surface area contributed by atoms with Crippen molar-refractivity contribution in [2.24, 2.45) is 0 Å². The Balaban J connectivity index is 1.29. The van der Waals surface area contributed by atoms with Crippen LogP contribution >= 0.6 is 0 Å². The van der Waals surface area contributed by atoms with Crippen LogP contribution < -0.4 is 10.0 Å². The summed E-state index contributed by atoms with van der Waals surface area (Å²) in [7, 11) is -1.26. The molecule has 2 aromatic rings. The topological polar surface area (TPSA) is 94.6 Å². The van der Waals surface area contributed by atoms with E-state index in [1.807, 2.05) is 29.2 Å². The van der Waals surface area contributed by atoms with Gasteiger partial charge in [-0.3, -0.25) is 9.78 Å². The van der Waals surface area contributed by atoms with Gasteiger partial charge >= 0.3 is 6.03 Å². The van der Waals surface area contributed by atoms with Crippen LogP contribution in [0.15, 0.2) is 36.5 Å². The highest BCUT2D eigenvalue weighted by molar-refractivity contribution is 7.82. The fourth-order valence-corrected chi connectivity index (χ4v) is 5.44. The van der Waals surface area contributed by atoms with Crippen molar-refractivity contribution in [3.05, 3.63) is 59.2 Å². The number of benzene rings is 1. The maximum atomic E-state index is 13.4. The molecule has 0 bridgehead atoms. The Bertz CT molecular complexity index is 1100. The molecule has 0 saturated carbocycles. The van der Waals surface area contributed by atoms with Crippen molar-refractivity contribution in [1.82, 2.24) is 19.5 Å². The highest BCUT2D eigenvalue weighted by Crippen LogP contribution is 2.30. The number of aromatic nitrogens is 1. The number of nitrogens with one attached hydrogen (secondary N) is 2. The zero-order chi connectivity index (χ0) is 24.5. The molecular formula is C24H30FN5O3S. The summed E-state index contributed by atoms with van der Waals surface area (Å²) in [5, 5.41) is 2.90. The number of halogens is 1. The van der Waals surface area contributed by atoms with Gasteiger partial charge in [-0.25, -0.2) is 18.1 Å². The van der Waals surface area contributed by atoms with Crippen LogP contribution in [-0.4, -0.2) is 55.8 Å². The van der Waals surface area contributed by atoms with E-state index in [-0.39, 0.29) is 11.9 Å². The van der Waals surface area contributed by atoms with Crippen LogP contribution in [0.1, 0.15) is 49.4 Å². The lowest BCUT2D eigenvalue weighted by atomic mass is 9.88. The number of nitrogens with zero attached hydrogens (tertiary/aromatic N) is 3. The van der Waals surface area contributed by atoms with Crippen LogP contribution in [0, 0.1) is 5.82 Å². The van der Waals surface area contributed by atoms with E-state index >= 15 is 0 Å². The number of fused-ring (bicyclic) bond motifs is 1. The molecule has 0 aliphatic carbocycles. The van der Waals surface area contributed by atoms with Gasteiger partial charge in [-0.15, -0.1) is 0 Å². The van der Waals surface area contributed by atoms with E-state index in [1.165, 1.54) is 24.1 Å². The summed E-state index contributed by atoms with van der Waals surface area (Å²) in [5.41, 5.74) is 2.45. The van der Waals surface area contributed by atoms with Crippen LogP contribution in [0.25, 0.3) is 0 Å². The lowest BCUT2D eigenvalue weighted by Gasteiger charge is -2.37. The number of likely N-dealkylation sites (tertiary alicyclic amines) is 1. The molecule has 0 radical (unpaired) electrons. The average Bonchev–Trinajstić information content (AvgIpc) is 3.22. The number of carbonyl (C=O) groups is 2. The van der Waals surface area contributed by atoms with Gasteiger partial charge < -0.3 is 15.1 Å². The molecule has 2 aliphatic heterocycles. The Morgan fingerprint density at radius 2 is 1.79 bits per heavy atom. The largest absolute Gasteiger partial charge is 0.341 e. The summed E-state index contributed by atoms with van der Waals surface area (Å²) in [6.07, 6.45) is 4.39. The zero-order valence-corrected chi connectivity index (χ0v) is 20.5. The smallest absolute Gasteiger partial charge is 0.322 e. The Morgan fingerprint density at radius 1 is 1.12 bits per heavy atom. The lowest BCUT2D eigenvalue weighted by molar-refractivity contribution is -0.137. The minimum atomic E-state index is -1.26. The molecule has 0 spiro atoms. The van der Waals surface area contributed by atoms with E-state index in [2.05, 4.69) is 15.0 Å². The third kappa shape index (κ3) is 5.44. The van der Waals surface area contributed by atoms with Crippen LogP contribution in [-0.2, 0) is 28.9 Å². The number of hydrogen-bond acceptors (Lipinski definition) is 4. The van der Waals surface area contributed by atoms with Crippen molar-refractivity contribution in [2.75, 3.05) is 24.7 Å². The fourth-order valence-electron chi connectivity index (χ4n) is 4.63. The molecule has 34 heavy (non-hydrogen) atoms. The first-order valence-corrected chi connectivity index (χ1v) is 12.9. The standard InChI is InChI=1S/C24H30FN5O3S/c1-24(2,28-34(3)33)22(31)29-10-8-17(9-11-29)16-4-6-20(7-5-16)27-23(32)30-14-18-12-19(25)13-26-21(18)15-30/h4-7,12-13,17,28H,8-11,14-15H2,1-3H3,(H,27,32). The number of hydrogen-bond donors (Lipinski definition) is 2. The number of carbonyl (C=O) groups excluding carboxylic acids is 2. The van der Waals surface area contributed by atoms with Gasteiger partial charge in [0, 0.05) is 31.6 Å². The molecule has 1 aromatic carbocycles. The summed E-state index contributed by atoms with van der Waals surface area (Å²) >= 11 is 0. The molecule has 1 fully saturated rings. The molecular weight excluding hydrogens is 457 g/mol. The number of amides is 3. The van der Waals surface area contributed by atoms with E-state index in [0.717, 1.165) is 24.1 Å². The number of piperidine rings is 1. The molecule has 4 rings (SSSR count). The van der Waals surface area contributed by atoms with Crippen molar-refractivity contribution < 1.29 is 18.2 Å². The summed E-state index contributed by atoms with van der Waals surface area (Å²) in [6, 6.07) is 8.97. The van der Waals surface area contributed by atoms with Crippen LogP contribution in [0.2, 0.25) is 0 Å². The Hall–Kier alpha value is -2.85. The van der Waals surface area contributed by atoms with Gasteiger partial charge in [0.15, 0.2) is 0 Å². The quantitative estimate of drug-likeness (QED) is 0.678. The summed E-state index contributed by atoms with van der Waals surface area (Å²) in [5.74, 6) is -0.106. The monoisotopic (exact) mass is 487 g/mol. The molecule has 3 heterocycles. The van der Waals surface area contributed by atoms with E-state index in [1.54, 1.807) is 18.7 Å². The predicted octanol–water partition coefficient (Wildman–Crippen LogP) is 3.14. The third-order valence-corrected chi connectivity index (χ3v) is 7.16. The molecule has 10 heteroatoms. The van der Waals surface area contributed by atoms with Crippen molar-refractivity contribution in [1.29, 1.82) is 0 Å². The first-order chi connectivity index (χ1) is 16.1. The molecule has 8 nitrogen and oxygen atoms in total. The Morgan fingerprint density at radius 3 is 2.44 bits per heavy atom. The van der Waals surface area contributed by atoms with Gasteiger partial charge in [-0.2, -0.15) is 0 Å². The van der Waals surface area contributed by atoms with Gasteiger partial charge in [0.1, 0.15) is 11.4 Å². The predicted molar refractivity (Wildman–Crippen MR) is 129 cm³/mol. The fraction of sp³-hybridized carbons (Fsp3) is 0.458. The minimum Gasteiger partial charge on any atom is -0.341 e. The van der Waals surface area contributed by atoms with E-state index < -0.39 is 22.3 Å². The van der Waals surface area contributed by atoms with Gasteiger partial charge in [-0.05, 0) is 61.9 Å². The second-order valence-corrected chi connectivity index (χ2v) is 10.5. The molecule has 1 atom stereocenters. The van der Waals surface area contributed by atoms with Gasteiger partial charge in [0.2, 0.25) is 5.91 Å². The average molecular weight is 488 g/mol. The highest BCUT2D eigenvalue weighted by atomic mass is 32.2. The third-order valence-electron chi connectivity index (χ3n) is 6.36. The second kappa shape index (κ2) is 9.79. The van der Waals surface area contributed by atoms with E-state index in [0.29, 0.717) is 37.8 Å². The maximum Gasteiger partial charge on any atom is 0.322 e. The molecule has 2 aliphatic rings. The molecule has 182 valence electrons. The van der Waals surface area contributed by atoms with E-state index in [4.69, 9.17) is 0 Å². The number of anilines is 1. The lowest BCUT2D eigenvalue weighted by Crippen LogP contribution is -2.55. The SMILES string of the molecule is CS(=O)NC(C)(C)C(=O)N1CCC(c2ccc(NC(=O)N3Cc4cc(F)cnc4C3)cc2)CC1. The first-order valence-electron chi connectivity index (χ1n) is 11.3. The zero-order valence-electron chi connectivity index (χ0n) is 19.6. The first kappa shape index (κ1) is 24.3. The molecule has 1 aromatic heterocycles. The van der Waals surface area contributed by atoms with Gasteiger partial charge in [0.05, 0.1) is 29.4 Å². The Labute approximate surface area is 201 Å². The summed E-state index contributed by atoms with van der Waals surface area (Å²) < 4.78 is 27.7. The number of pyridine rings is 1.